The number of Topliss-reactive ketones (excluding diaryl/α,β-unsaturated/α-hetero) is 1. The van der Waals surface area contributed by atoms with Crippen LogP contribution in [0.2, 0.25) is 0 Å². The maximum Gasteiger partial charge on any atom is 0.448 e. The van der Waals surface area contributed by atoms with Crippen LogP contribution in [0.3, 0.4) is 0 Å². The van der Waals surface area contributed by atoms with Gasteiger partial charge in [0.25, 0.3) is 0 Å². The molecule has 8 heteroatoms. The van der Waals surface area contributed by atoms with Gasteiger partial charge in [0.05, 0.1) is 11.6 Å². The van der Waals surface area contributed by atoms with Gasteiger partial charge in [0.2, 0.25) is 0 Å². The van der Waals surface area contributed by atoms with Crippen LogP contribution in [0.4, 0.5) is 0 Å². The molecule has 0 aromatic heterocycles. The molecule has 1 aromatic carbocycles. The van der Waals surface area contributed by atoms with Crippen LogP contribution in [0, 0.1) is 5.92 Å². The van der Waals surface area contributed by atoms with Crippen LogP contribution in [-0.4, -0.2) is 31.5 Å². The predicted molar refractivity (Wildman–Crippen MR) is 84.3 cm³/mol. The van der Waals surface area contributed by atoms with E-state index in [-0.39, 0.29) is 23.0 Å². The monoisotopic (exact) mass is 337 g/mol. The summed E-state index contributed by atoms with van der Waals surface area (Å²) in [6.45, 7) is 1.65. The first-order valence-electron chi connectivity index (χ1n) is 6.74. The Labute approximate surface area is 132 Å². The Balaban J connectivity index is 2.33. The number of ketones is 1. The Bertz CT molecular complexity index is 744. The fourth-order valence-corrected chi connectivity index (χ4v) is 2.74. The molecule has 0 spiro atoms. The van der Waals surface area contributed by atoms with E-state index in [0.717, 1.165) is 6.08 Å². The van der Waals surface area contributed by atoms with Gasteiger partial charge in [0, 0.05) is 12.0 Å². The lowest BCUT2D eigenvalue weighted by Gasteiger charge is -2.20. The van der Waals surface area contributed by atoms with Crippen molar-refractivity contribution in [2.24, 2.45) is 10.7 Å². The number of aliphatic hydroxyl groups is 1. The van der Waals surface area contributed by atoms with Gasteiger partial charge in [-0.3, -0.25) is 4.79 Å². The molecule has 2 rings (SSSR count). The molecular formula is C15H16NO6P. The summed E-state index contributed by atoms with van der Waals surface area (Å²) in [6.07, 6.45) is 3.69. The molecule has 0 radical (unpaired) electrons. The lowest BCUT2D eigenvalue weighted by atomic mass is 9.84. The highest BCUT2D eigenvalue weighted by Gasteiger charge is 2.30. The molecule has 23 heavy (non-hydrogen) atoms. The van der Waals surface area contributed by atoms with Gasteiger partial charge < -0.3 is 20.0 Å². The summed E-state index contributed by atoms with van der Waals surface area (Å²) in [5.74, 6) is -2.05. The van der Waals surface area contributed by atoms with E-state index in [0.29, 0.717) is 5.56 Å². The number of nitrogens with zero attached hydrogens (tertiary/aromatic N) is 1. The third-order valence-electron chi connectivity index (χ3n) is 3.45. The van der Waals surface area contributed by atoms with Crippen molar-refractivity contribution in [2.45, 2.75) is 12.8 Å². The summed E-state index contributed by atoms with van der Waals surface area (Å²) in [5, 5.41) is 18.8. The zero-order chi connectivity index (χ0) is 17.2. The number of hydrogen-bond donors (Lipinski definition) is 4. The fraction of sp³-hybridized carbons (Fsp3) is 0.200. The zero-order valence-electron chi connectivity index (χ0n) is 12.2. The van der Waals surface area contributed by atoms with Gasteiger partial charge in [-0.1, -0.05) is 25.1 Å². The van der Waals surface area contributed by atoms with Gasteiger partial charge in [-0.15, -0.1) is 0 Å². The van der Waals surface area contributed by atoms with Crippen molar-refractivity contribution in [2.75, 3.05) is 0 Å². The number of aliphatic hydroxyl groups excluding tert-OH is 1. The molecule has 2 atom stereocenters. The van der Waals surface area contributed by atoms with E-state index in [1.165, 1.54) is 24.3 Å². The van der Waals surface area contributed by atoms with Gasteiger partial charge in [-0.25, -0.2) is 4.57 Å². The Morgan fingerprint density at radius 2 is 1.83 bits per heavy atom. The zero-order valence-corrected chi connectivity index (χ0v) is 13.1. The van der Waals surface area contributed by atoms with E-state index in [1.54, 1.807) is 19.1 Å². The molecule has 0 aliphatic heterocycles. The van der Waals surface area contributed by atoms with Crippen molar-refractivity contribution in [3.63, 3.8) is 0 Å². The van der Waals surface area contributed by atoms with Crippen LogP contribution >= 0.6 is 7.75 Å². The highest BCUT2D eigenvalue weighted by molar-refractivity contribution is 7.50. The van der Waals surface area contributed by atoms with Crippen molar-refractivity contribution in [3.8, 4) is 5.75 Å². The van der Waals surface area contributed by atoms with Gasteiger partial charge >= 0.3 is 7.75 Å². The van der Waals surface area contributed by atoms with Crippen molar-refractivity contribution in [1.29, 1.82) is 0 Å². The SMILES string of the molecule is CC(C(=O)C1C=CC(O)=C/C1=N\P(=O)(O)O)c1ccc(O)cc1. The summed E-state index contributed by atoms with van der Waals surface area (Å²) in [5.41, 5.74) is 0.462. The number of rotatable bonds is 4. The Morgan fingerprint density at radius 1 is 1.22 bits per heavy atom. The number of phenols is 1. The molecule has 1 aliphatic rings. The topological polar surface area (TPSA) is 127 Å². The first kappa shape index (κ1) is 17.1. The van der Waals surface area contributed by atoms with Crippen LogP contribution in [0.25, 0.3) is 0 Å². The van der Waals surface area contributed by atoms with Crippen molar-refractivity contribution in [3.05, 3.63) is 53.8 Å². The minimum absolute atomic E-state index is 0.0718. The normalized spacial score (nSPS) is 21.1. The number of allylic oxidation sites excluding steroid dienone is 3. The van der Waals surface area contributed by atoms with E-state index in [9.17, 15) is 19.6 Å². The van der Waals surface area contributed by atoms with Crippen LogP contribution in [0.15, 0.2) is 53.0 Å². The van der Waals surface area contributed by atoms with Crippen molar-refractivity contribution in [1.82, 2.24) is 0 Å². The number of carbonyl (C=O) groups excluding carboxylic acids is 1. The first-order valence-corrected chi connectivity index (χ1v) is 8.31. The van der Waals surface area contributed by atoms with E-state index < -0.39 is 19.6 Å². The largest absolute Gasteiger partial charge is 0.508 e. The van der Waals surface area contributed by atoms with Crippen molar-refractivity contribution < 1.29 is 29.4 Å². The van der Waals surface area contributed by atoms with E-state index in [1.807, 2.05) is 0 Å². The molecule has 0 heterocycles. The average molecular weight is 337 g/mol. The summed E-state index contributed by atoms with van der Waals surface area (Å²) < 4.78 is 14.3. The molecule has 1 aromatic rings. The number of hydrogen-bond acceptors (Lipinski definition) is 4. The molecule has 4 N–H and O–H groups in total. The van der Waals surface area contributed by atoms with Gasteiger partial charge in [-0.2, -0.15) is 4.76 Å². The summed E-state index contributed by atoms with van der Waals surface area (Å²) in [7, 11) is -4.73. The lowest BCUT2D eigenvalue weighted by molar-refractivity contribution is -0.121. The molecular weight excluding hydrogens is 321 g/mol. The Hall–Kier alpha value is -2.21. The minimum atomic E-state index is -4.73. The van der Waals surface area contributed by atoms with Crippen LogP contribution in [0.1, 0.15) is 18.4 Å². The first-order chi connectivity index (χ1) is 10.7. The fourth-order valence-electron chi connectivity index (χ4n) is 2.26. The molecule has 0 fully saturated rings. The lowest BCUT2D eigenvalue weighted by Crippen LogP contribution is -2.27. The number of phenolic OH excluding ortho intramolecular Hbond substituents is 1. The smallest absolute Gasteiger partial charge is 0.448 e. The average Bonchev–Trinajstić information content (AvgIpc) is 2.45. The Kier molecular flexibility index (Phi) is 4.85. The Morgan fingerprint density at radius 3 is 2.39 bits per heavy atom. The molecule has 0 saturated carbocycles. The highest BCUT2D eigenvalue weighted by Crippen LogP contribution is 2.38. The second-order valence-electron chi connectivity index (χ2n) is 5.16. The second kappa shape index (κ2) is 6.50. The molecule has 0 bridgehead atoms. The standard InChI is InChI=1S/C15H16NO6P/c1-9(10-2-4-11(17)5-3-10)15(19)13-7-6-12(18)8-14(13)16-23(20,21)22/h2-9,13,17-18H,1H3,(H2,20,21,22)/b16-14+. The summed E-state index contributed by atoms with van der Waals surface area (Å²) in [6, 6.07) is 6.09. The van der Waals surface area contributed by atoms with Crippen LogP contribution in [-0.2, 0) is 9.36 Å². The molecule has 1 aliphatic carbocycles. The maximum absolute atomic E-state index is 12.6. The van der Waals surface area contributed by atoms with E-state index in [2.05, 4.69) is 4.76 Å². The third-order valence-corrected chi connectivity index (χ3v) is 3.94. The minimum Gasteiger partial charge on any atom is -0.508 e. The quantitative estimate of drug-likeness (QED) is 0.624. The molecule has 0 saturated heterocycles. The number of carbonyl (C=O) groups is 1. The summed E-state index contributed by atoms with van der Waals surface area (Å²) >= 11 is 0. The van der Waals surface area contributed by atoms with Crippen LogP contribution in [0.5, 0.6) is 5.75 Å². The third kappa shape index (κ3) is 4.39. The highest BCUT2D eigenvalue weighted by atomic mass is 31.2. The molecule has 7 nitrogen and oxygen atoms in total. The van der Waals surface area contributed by atoms with Crippen molar-refractivity contribution >= 4 is 19.2 Å². The van der Waals surface area contributed by atoms with Gasteiger partial charge in [0.15, 0.2) is 5.78 Å². The van der Waals surface area contributed by atoms with E-state index >= 15 is 0 Å². The number of benzene rings is 1. The summed E-state index contributed by atoms with van der Waals surface area (Å²) in [4.78, 5) is 30.6. The molecule has 2 unspecified atom stereocenters. The van der Waals surface area contributed by atoms with E-state index in [4.69, 9.17) is 9.79 Å². The molecule has 122 valence electrons. The van der Waals surface area contributed by atoms with Gasteiger partial charge in [-0.05, 0) is 23.8 Å². The van der Waals surface area contributed by atoms with Crippen LogP contribution < -0.4 is 0 Å². The number of aromatic hydroxyl groups is 1. The molecule has 0 amide bonds. The maximum atomic E-state index is 12.6. The van der Waals surface area contributed by atoms with Gasteiger partial charge in [0.1, 0.15) is 11.5 Å². The second-order valence-corrected chi connectivity index (χ2v) is 6.39. The predicted octanol–water partition coefficient (Wildman–Crippen LogP) is 2.23.